The first-order valence-electron chi connectivity index (χ1n) is 7.89. The molecule has 0 spiro atoms. The van der Waals surface area contributed by atoms with Gasteiger partial charge in [0.25, 0.3) is 6.10 Å². The van der Waals surface area contributed by atoms with Crippen molar-refractivity contribution in [1.82, 2.24) is 0 Å². The van der Waals surface area contributed by atoms with Crippen LogP contribution in [0.25, 0.3) is 6.08 Å². The van der Waals surface area contributed by atoms with Gasteiger partial charge in [-0.25, -0.2) is 4.79 Å². The van der Waals surface area contributed by atoms with E-state index in [-0.39, 0.29) is 22.1 Å². The van der Waals surface area contributed by atoms with E-state index in [0.29, 0.717) is 0 Å². The maximum Gasteiger partial charge on any atom is 0.511 e. The van der Waals surface area contributed by atoms with Crippen LogP contribution >= 0.6 is 11.6 Å². The Hall–Kier alpha value is -3.08. The van der Waals surface area contributed by atoms with E-state index in [1.165, 1.54) is 0 Å². The summed E-state index contributed by atoms with van der Waals surface area (Å²) in [6, 6.07) is 5.91. The molecular formula is C18H9ClF6O5. The number of benzene rings is 2. The molecule has 1 atom stereocenters. The number of hydrogen-bond donors (Lipinski definition) is 1. The number of carboxylic acid groups (broad SMARTS) is 1. The molecule has 0 bridgehead atoms. The summed E-state index contributed by atoms with van der Waals surface area (Å²) in [6.07, 6.45) is -13.4. The first-order chi connectivity index (χ1) is 13.8. The van der Waals surface area contributed by atoms with Crippen molar-refractivity contribution in [3.63, 3.8) is 0 Å². The molecule has 1 aliphatic heterocycles. The van der Waals surface area contributed by atoms with Gasteiger partial charge in [0.05, 0.1) is 10.6 Å². The molecule has 1 unspecified atom stereocenters. The van der Waals surface area contributed by atoms with E-state index in [2.05, 4.69) is 4.74 Å². The zero-order valence-electron chi connectivity index (χ0n) is 14.3. The van der Waals surface area contributed by atoms with Gasteiger partial charge in [0.1, 0.15) is 17.2 Å². The highest BCUT2D eigenvalue weighted by atomic mass is 35.5. The summed E-state index contributed by atoms with van der Waals surface area (Å²) in [4.78, 5) is 10.7. The third kappa shape index (κ3) is 4.73. The number of alkyl halides is 6. The van der Waals surface area contributed by atoms with Crippen LogP contribution in [0.5, 0.6) is 17.2 Å². The maximum absolute atomic E-state index is 13.2. The molecule has 0 saturated heterocycles. The van der Waals surface area contributed by atoms with Crippen molar-refractivity contribution in [3.05, 3.63) is 58.3 Å². The predicted octanol–water partition coefficient (Wildman–Crippen LogP) is 6.51. The van der Waals surface area contributed by atoms with Gasteiger partial charge in [-0.2, -0.15) is 26.3 Å². The van der Waals surface area contributed by atoms with Crippen LogP contribution in [0.4, 0.5) is 31.1 Å². The van der Waals surface area contributed by atoms with Crippen molar-refractivity contribution in [1.29, 1.82) is 0 Å². The van der Waals surface area contributed by atoms with E-state index in [1.54, 1.807) is 0 Å². The summed E-state index contributed by atoms with van der Waals surface area (Å²) >= 11 is 5.96. The Labute approximate surface area is 169 Å². The predicted molar refractivity (Wildman–Crippen MR) is 90.5 cm³/mol. The lowest BCUT2D eigenvalue weighted by Crippen LogP contribution is -2.39. The van der Waals surface area contributed by atoms with E-state index < -0.39 is 41.7 Å². The van der Waals surface area contributed by atoms with Crippen molar-refractivity contribution < 1.29 is 50.5 Å². The van der Waals surface area contributed by atoms with E-state index in [0.717, 1.165) is 42.5 Å². The Bertz CT molecular complexity index is 998. The Morgan fingerprint density at radius 3 is 2.20 bits per heavy atom. The highest BCUT2D eigenvalue weighted by Crippen LogP contribution is 2.43. The molecule has 0 amide bonds. The van der Waals surface area contributed by atoms with Crippen molar-refractivity contribution in [2.24, 2.45) is 0 Å². The van der Waals surface area contributed by atoms with E-state index >= 15 is 0 Å². The molecule has 0 radical (unpaired) electrons. The average molecular weight is 455 g/mol. The fourth-order valence-corrected chi connectivity index (χ4v) is 2.81. The quantitative estimate of drug-likeness (QED) is 0.423. The lowest BCUT2D eigenvalue weighted by atomic mass is 10.1. The fraction of sp³-hybridized carbons (Fsp3) is 0.167. The largest absolute Gasteiger partial charge is 0.511 e. The number of halogens is 7. The van der Waals surface area contributed by atoms with Gasteiger partial charge in [0.2, 0.25) is 0 Å². The monoisotopic (exact) mass is 454 g/mol. The molecule has 1 aliphatic rings. The van der Waals surface area contributed by atoms with E-state index in [1.807, 2.05) is 0 Å². The van der Waals surface area contributed by atoms with Gasteiger partial charge in [-0.05, 0) is 36.4 Å². The van der Waals surface area contributed by atoms with Crippen LogP contribution < -0.4 is 9.47 Å². The van der Waals surface area contributed by atoms with E-state index in [4.69, 9.17) is 26.2 Å². The van der Waals surface area contributed by atoms with Crippen LogP contribution in [0.3, 0.4) is 0 Å². The number of fused-ring (bicyclic) bond motifs is 1. The summed E-state index contributed by atoms with van der Waals surface area (Å²) in [7, 11) is 0. The van der Waals surface area contributed by atoms with Crippen molar-refractivity contribution in [2.75, 3.05) is 0 Å². The van der Waals surface area contributed by atoms with Crippen LogP contribution in [0.15, 0.2) is 42.2 Å². The Balaban J connectivity index is 1.94. The molecule has 0 aromatic heterocycles. The Morgan fingerprint density at radius 2 is 1.67 bits per heavy atom. The van der Waals surface area contributed by atoms with Crippen molar-refractivity contribution in [3.8, 4) is 17.2 Å². The molecule has 2 aromatic carbocycles. The van der Waals surface area contributed by atoms with Gasteiger partial charge in [0, 0.05) is 11.6 Å². The smallest absolute Gasteiger partial charge is 0.471 e. The lowest BCUT2D eigenvalue weighted by Gasteiger charge is -2.28. The summed E-state index contributed by atoms with van der Waals surface area (Å²) in [5, 5.41) is 8.37. The first kappa shape index (κ1) is 21.6. The molecule has 30 heavy (non-hydrogen) atoms. The molecule has 0 saturated carbocycles. The zero-order chi connectivity index (χ0) is 22.3. The fourth-order valence-electron chi connectivity index (χ4n) is 2.54. The molecule has 12 heteroatoms. The molecule has 1 heterocycles. The van der Waals surface area contributed by atoms with Crippen LogP contribution in [-0.4, -0.2) is 23.5 Å². The Kier molecular flexibility index (Phi) is 5.50. The van der Waals surface area contributed by atoms with Gasteiger partial charge >= 0.3 is 18.5 Å². The SMILES string of the molecule is O=C(O)OC1=Cc2cc(Oc3ccc(C(F)(F)F)cc3)cc(Cl)c2OC1C(F)(F)F. The van der Waals surface area contributed by atoms with Gasteiger partial charge in [-0.15, -0.1) is 0 Å². The number of rotatable bonds is 3. The average Bonchev–Trinajstić information content (AvgIpc) is 2.59. The summed E-state index contributed by atoms with van der Waals surface area (Å²) in [6.45, 7) is 0. The molecule has 160 valence electrons. The maximum atomic E-state index is 13.2. The normalized spacial score (nSPS) is 16.2. The molecule has 0 aliphatic carbocycles. The molecule has 2 aromatic rings. The molecule has 3 rings (SSSR count). The third-order valence-electron chi connectivity index (χ3n) is 3.76. The molecule has 0 fully saturated rings. The first-order valence-corrected chi connectivity index (χ1v) is 8.27. The third-order valence-corrected chi connectivity index (χ3v) is 4.04. The van der Waals surface area contributed by atoms with Crippen LogP contribution in [-0.2, 0) is 10.9 Å². The molecule has 5 nitrogen and oxygen atoms in total. The van der Waals surface area contributed by atoms with Crippen molar-refractivity contribution >= 4 is 23.8 Å². The zero-order valence-corrected chi connectivity index (χ0v) is 15.1. The van der Waals surface area contributed by atoms with Crippen LogP contribution in [0, 0.1) is 0 Å². The summed E-state index contributed by atoms with van der Waals surface area (Å²) in [5.74, 6) is -1.48. The number of hydrogen-bond acceptors (Lipinski definition) is 4. The van der Waals surface area contributed by atoms with Gasteiger partial charge in [-0.3, -0.25) is 0 Å². The number of carbonyl (C=O) groups is 1. The number of ether oxygens (including phenoxy) is 3. The lowest BCUT2D eigenvalue weighted by molar-refractivity contribution is -0.191. The second kappa shape index (κ2) is 7.63. The summed E-state index contributed by atoms with van der Waals surface area (Å²) in [5.41, 5.74) is -0.982. The van der Waals surface area contributed by atoms with Gasteiger partial charge in [-0.1, -0.05) is 11.6 Å². The second-order valence-corrected chi connectivity index (χ2v) is 6.31. The highest BCUT2D eigenvalue weighted by Gasteiger charge is 2.48. The highest BCUT2D eigenvalue weighted by molar-refractivity contribution is 6.32. The topological polar surface area (TPSA) is 65.0 Å². The minimum absolute atomic E-state index is 0.00472. The Morgan fingerprint density at radius 1 is 1.03 bits per heavy atom. The van der Waals surface area contributed by atoms with Gasteiger partial charge in [0.15, 0.2) is 5.76 Å². The van der Waals surface area contributed by atoms with Gasteiger partial charge < -0.3 is 19.3 Å². The van der Waals surface area contributed by atoms with Crippen LogP contribution in [0.2, 0.25) is 5.02 Å². The molecular weight excluding hydrogens is 446 g/mol. The minimum Gasteiger partial charge on any atom is -0.471 e. The minimum atomic E-state index is -4.99. The molecule has 1 N–H and O–H groups in total. The van der Waals surface area contributed by atoms with Crippen LogP contribution in [0.1, 0.15) is 11.1 Å². The standard InChI is InChI=1S/C18H9ClF6O5/c19-12-7-11(28-10-3-1-9(2-4-10)17(20,21)22)5-8-6-13(29-16(26)27)15(18(23,24)25)30-14(8)12/h1-7,15H,(H,26,27). The second-order valence-electron chi connectivity index (χ2n) is 5.90. The van der Waals surface area contributed by atoms with Crippen molar-refractivity contribution in [2.45, 2.75) is 18.5 Å². The summed E-state index contributed by atoms with van der Waals surface area (Å²) < 4.78 is 91.7. The van der Waals surface area contributed by atoms with E-state index in [9.17, 15) is 31.1 Å².